The van der Waals surface area contributed by atoms with Crippen LogP contribution >= 0.6 is 0 Å². The van der Waals surface area contributed by atoms with Crippen molar-refractivity contribution in [2.75, 3.05) is 11.9 Å². The Bertz CT molecular complexity index is 442. The highest BCUT2D eigenvalue weighted by molar-refractivity contribution is 5.94. The molecule has 1 aliphatic heterocycles. The van der Waals surface area contributed by atoms with Crippen LogP contribution in [-0.2, 0) is 16.0 Å². The predicted molar refractivity (Wildman–Crippen MR) is 68.0 cm³/mol. The average Bonchev–Trinajstić information content (AvgIpc) is 2.42. The number of hydrogen-bond donors (Lipinski definition) is 1. The molecule has 1 saturated heterocycles. The summed E-state index contributed by atoms with van der Waals surface area (Å²) in [5, 5.41) is 11.4. The zero-order valence-electron chi connectivity index (χ0n) is 10.2. The van der Waals surface area contributed by atoms with Gasteiger partial charge in [0, 0.05) is 12.3 Å². The van der Waals surface area contributed by atoms with Crippen molar-refractivity contribution in [3.8, 4) is 6.07 Å². The molecule has 4 heteroatoms. The molecule has 1 unspecified atom stereocenters. The molecule has 1 atom stereocenters. The Morgan fingerprint density at radius 3 is 2.78 bits per heavy atom. The smallest absolute Gasteiger partial charge is 0.253 e. The van der Waals surface area contributed by atoms with Crippen molar-refractivity contribution in [1.29, 1.82) is 5.26 Å². The van der Waals surface area contributed by atoms with Gasteiger partial charge >= 0.3 is 0 Å². The Morgan fingerprint density at radius 2 is 2.17 bits per heavy atom. The summed E-state index contributed by atoms with van der Waals surface area (Å²) in [7, 11) is 0. The Hall–Kier alpha value is -1.86. The van der Waals surface area contributed by atoms with Gasteiger partial charge in [0.25, 0.3) is 5.91 Å². The minimum Gasteiger partial charge on any atom is -0.368 e. The van der Waals surface area contributed by atoms with E-state index in [1.54, 1.807) is 0 Å². The minimum absolute atomic E-state index is 0.0808. The quantitative estimate of drug-likeness (QED) is 0.887. The monoisotopic (exact) mass is 244 g/mol. The van der Waals surface area contributed by atoms with Crippen LogP contribution in [0.15, 0.2) is 24.3 Å². The Kier molecular flexibility index (Phi) is 4.32. The van der Waals surface area contributed by atoms with E-state index >= 15 is 0 Å². The van der Waals surface area contributed by atoms with Crippen LogP contribution in [0, 0.1) is 11.3 Å². The second kappa shape index (κ2) is 6.18. The fourth-order valence-corrected chi connectivity index (χ4v) is 1.97. The van der Waals surface area contributed by atoms with Crippen molar-refractivity contribution in [2.24, 2.45) is 0 Å². The summed E-state index contributed by atoms with van der Waals surface area (Å²) in [5.41, 5.74) is 1.69. The Morgan fingerprint density at radius 1 is 1.39 bits per heavy atom. The van der Waals surface area contributed by atoms with E-state index in [2.05, 4.69) is 11.4 Å². The molecule has 0 aromatic heterocycles. The van der Waals surface area contributed by atoms with Gasteiger partial charge in [-0.1, -0.05) is 12.1 Å². The molecule has 2 rings (SSSR count). The van der Waals surface area contributed by atoms with Gasteiger partial charge in [-0.25, -0.2) is 0 Å². The van der Waals surface area contributed by atoms with E-state index in [9.17, 15) is 4.79 Å². The summed E-state index contributed by atoms with van der Waals surface area (Å²) >= 11 is 0. The summed E-state index contributed by atoms with van der Waals surface area (Å²) in [6, 6.07) is 9.41. The molecule has 0 radical (unpaired) electrons. The van der Waals surface area contributed by atoms with Crippen LogP contribution in [0.5, 0.6) is 0 Å². The van der Waals surface area contributed by atoms with Crippen molar-refractivity contribution in [2.45, 2.75) is 31.8 Å². The lowest BCUT2D eigenvalue weighted by Crippen LogP contribution is -2.33. The number of ether oxygens (including phenoxy) is 1. The molecule has 0 saturated carbocycles. The topological polar surface area (TPSA) is 62.1 Å². The van der Waals surface area contributed by atoms with Gasteiger partial charge in [-0.05, 0) is 37.0 Å². The normalized spacial score (nSPS) is 18.9. The van der Waals surface area contributed by atoms with Crippen LogP contribution in [0.1, 0.15) is 24.8 Å². The molecular weight excluding hydrogens is 228 g/mol. The molecule has 0 spiro atoms. The maximum Gasteiger partial charge on any atom is 0.253 e. The van der Waals surface area contributed by atoms with Gasteiger partial charge < -0.3 is 10.1 Å². The van der Waals surface area contributed by atoms with Crippen LogP contribution < -0.4 is 5.32 Å². The van der Waals surface area contributed by atoms with Crippen molar-refractivity contribution in [3.63, 3.8) is 0 Å². The zero-order chi connectivity index (χ0) is 12.8. The first kappa shape index (κ1) is 12.6. The van der Waals surface area contributed by atoms with E-state index in [0.717, 1.165) is 30.5 Å². The highest BCUT2D eigenvalue weighted by atomic mass is 16.5. The molecule has 1 aromatic rings. The van der Waals surface area contributed by atoms with Gasteiger partial charge in [0.1, 0.15) is 6.10 Å². The lowest BCUT2D eigenvalue weighted by molar-refractivity contribution is -0.129. The van der Waals surface area contributed by atoms with E-state index in [1.807, 2.05) is 24.3 Å². The fourth-order valence-electron chi connectivity index (χ4n) is 1.97. The first-order valence-corrected chi connectivity index (χ1v) is 6.18. The number of benzene rings is 1. The molecule has 1 heterocycles. The number of hydrogen-bond acceptors (Lipinski definition) is 3. The summed E-state index contributed by atoms with van der Waals surface area (Å²) < 4.78 is 5.42. The van der Waals surface area contributed by atoms with E-state index in [4.69, 9.17) is 10.00 Å². The third kappa shape index (κ3) is 3.31. The van der Waals surface area contributed by atoms with Crippen molar-refractivity contribution in [3.05, 3.63) is 29.8 Å². The van der Waals surface area contributed by atoms with Crippen LogP contribution in [0.3, 0.4) is 0 Å². The molecule has 1 fully saturated rings. The molecular formula is C14H16N2O2. The van der Waals surface area contributed by atoms with Crippen molar-refractivity contribution >= 4 is 11.6 Å². The number of nitrogens with one attached hydrogen (secondary N) is 1. The first-order valence-electron chi connectivity index (χ1n) is 6.18. The summed E-state index contributed by atoms with van der Waals surface area (Å²) in [6.45, 7) is 0.666. The van der Waals surface area contributed by atoms with Gasteiger partial charge in [0.15, 0.2) is 0 Å². The maximum atomic E-state index is 11.9. The largest absolute Gasteiger partial charge is 0.368 e. The molecule has 1 aliphatic rings. The molecule has 94 valence electrons. The van der Waals surface area contributed by atoms with Gasteiger partial charge in [-0.3, -0.25) is 4.79 Å². The number of nitrogens with zero attached hydrogens (tertiary/aromatic N) is 1. The van der Waals surface area contributed by atoms with Crippen molar-refractivity contribution < 1.29 is 9.53 Å². The number of carbonyl (C=O) groups excluding carboxylic acids is 1. The molecule has 1 aromatic carbocycles. The highest BCUT2D eigenvalue weighted by Gasteiger charge is 2.21. The molecule has 1 amide bonds. The molecule has 4 nitrogen and oxygen atoms in total. The van der Waals surface area contributed by atoms with E-state index in [1.165, 1.54) is 0 Å². The number of amides is 1. The summed E-state index contributed by atoms with van der Waals surface area (Å²) in [5.74, 6) is -0.0808. The third-order valence-electron chi connectivity index (χ3n) is 2.98. The average molecular weight is 244 g/mol. The number of rotatable bonds is 3. The van der Waals surface area contributed by atoms with E-state index in [0.29, 0.717) is 13.0 Å². The molecule has 18 heavy (non-hydrogen) atoms. The Balaban J connectivity index is 1.92. The van der Waals surface area contributed by atoms with Crippen LogP contribution in [0.25, 0.3) is 0 Å². The van der Waals surface area contributed by atoms with Crippen LogP contribution in [0.2, 0.25) is 0 Å². The predicted octanol–water partition coefficient (Wildman–Crippen LogP) is 2.26. The second-order valence-electron chi connectivity index (χ2n) is 4.38. The standard InChI is InChI=1S/C14H16N2O2/c15-9-8-11-4-6-12(7-5-11)16-14(17)13-3-1-2-10-18-13/h4-7,13H,1-3,8,10H2,(H,16,17). The lowest BCUT2D eigenvalue weighted by Gasteiger charge is -2.21. The van der Waals surface area contributed by atoms with Gasteiger partial charge in [-0.15, -0.1) is 0 Å². The van der Waals surface area contributed by atoms with E-state index < -0.39 is 0 Å². The highest BCUT2D eigenvalue weighted by Crippen LogP contribution is 2.16. The summed E-state index contributed by atoms with van der Waals surface area (Å²) in [4.78, 5) is 11.9. The number of nitriles is 1. The molecule has 0 bridgehead atoms. The zero-order valence-corrected chi connectivity index (χ0v) is 10.2. The van der Waals surface area contributed by atoms with Gasteiger partial charge in [-0.2, -0.15) is 5.26 Å². The molecule has 1 N–H and O–H groups in total. The van der Waals surface area contributed by atoms with Crippen molar-refractivity contribution in [1.82, 2.24) is 0 Å². The fraction of sp³-hybridized carbons (Fsp3) is 0.429. The van der Waals surface area contributed by atoms with E-state index in [-0.39, 0.29) is 12.0 Å². The first-order chi connectivity index (χ1) is 8.79. The maximum absolute atomic E-state index is 11.9. The SMILES string of the molecule is N#CCc1ccc(NC(=O)C2CCCCO2)cc1. The number of carbonyl (C=O) groups is 1. The minimum atomic E-state index is -0.322. The van der Waals surface area contributed by atoms with Crippen LogP contribution in [0.4, 0.5) is 5.69 Å². The molecule has 0 aliphatic carbocycles. The second-order valence-corrected chi connectivity index (χ2v) is 4.38. The number of anilines is 1. The van der Waals surface area contributed by atoms with Gasteiger partial charge in [0.2, 0.25) is 0 Å². The third-order valence-corrected chi connectivity index (χ3v) is 2.98. The lowest BCUT2D eigenvalue weighted by atomic mass is 10.1. The van der Waals surface area contributed by atoms with Crippen LogP contribution in [-0.4, -0.2) is 18.6 Å². The van der Waals surface area contributed by atoms with Gasteiger partial charge in [0.05, 0.1) is 12.5 Å². The summed E-state index contributed by atoms with van der Waals surface area (Å²) in [6.07, 6.45) is 2.93. The Labute approximate surface area is 107 Å².